The molecule has 2 heterocycles. The van der Waals surface area contributed by atoms with Crippen molar-refractivity contribution in [3.05, 3.63) is 32.2 Å². The SMILES string of the molecule is NC(=O)c1nc2c(=O)[nH]c(=O)[nH]c2nc1C(=O)O. The molecular formula is C8H5N5O5. The average molecular weight is 251 g/mol. The van der Waals surface area contributed by atoms with Gasteiger partial charge in [0.15, 0.2) is 22.6 Å². The van der Waals surface area contributed by atoms with Gasteiger partial charge in [-0.2, -0.15) is 0 Å². The number of H-pyrrole nitrogens is 2. The molecule has 0 aliphatic rings. The van der Waals surface area contributed by atoms with E-state index in [0.29, 0.717) is 0 Å². The summed E-state index contributed by atoms with van der Waals surface area (Å²) in [7, 11) is 0. The number of nitrogens with two attached hydrogens (primary N) is 1. The van der Waals surface area contributed by atoms with E-state index in [0.717, 1.165) is 0 Å². The van der Waals surface area contributed by atoms with E-state index >= 15 is 0 Å². The van der Waals surface area contributed by atoms with Crippen LogP contribution < -0.4 is 17.0 Å². The topological polar surface area (TPSA) is 172 Å². The minimum Gasteiger partial charge on any atom is -0.476 e. The largest absolute Gasteiger partial charge is 0.476 e. The number of hydrogen-bond acceptors (Lipinski definition) is 6. The third-order valence-corrected chi connectivity index (χ3v) is 2.01. The van der Waals surface area contributed by atoms with Crippen molar-refractivity contribution in [2.45, 2.75) is 0 Å². The van der Waals surface area contributed by atoms with Crippen LogP contribution in [0.3, 0.4) is 0 Å². The second kappa shape index (κ2) is 3.76. The van der Waals surface area contributed by atoms with Gasteiger partial charge in [-0.15, -0.1) is 0 Å². The maximum atomic E-state index is 11.4. The fourth-order valence-corrected chi connectivity index (χ4v) is 1.30. The molecule has 0 aliphatic heterocycles. The first kappa shape index (κ1) is 11.4. The normalized spacial score (nSPS) is 10.4. The minimum absolute atomic E-state index is 0.342. The molecule has 0 spiro atoms. The summed E-state index contributed by atoms with van der Waals surface area (Å²) >= 11 is 0. The molecule has 10 heteroatoms. The van der Waals surface area contributed by atoms with E-state index in [-0.39, 0.29) is 11.2 Å². The quantitative estimate of drug-likeness (QED) is 0.468. The predicted octanol–water partition coefficient (Wildman–Crippen LogP) is -2.20. The number of carboxylic acid groups (broad SMARTS) is 1. The number of primary amides is 1. The summed E-state index contributed by atoms with van der Waals surface area (Å²) < 4.78 is 0. The van der Waals surface area contributed by atoms with Crippen LogP contribution in [0.5, 0.6) is 0 Å². The van der Waals surface area contributed by atoms with E-state index in [1.165, 1.54) is 0 Å². The first-order valence-corrected chi connectivity index (χ1v) is 4.47. The Morgan fingerprint density at radius 2 is 1.78 bits per heavy atom. The lowest BCUT2D eigenvalue weighted by Crippen LogP contribution is -2.27. The first-order chi connectivity index (χ1) is 8.40. The van der Waals surface area contributed by atoms with Crippen molar-refractivity contribution in [3.8, 4) is 0 Å². The minimum atomic E-state index is -1.56. The molecule has 92 valence electrons. The smallest absolute Gasteiger partial charge is 0.357 e. The Hall–Kier alpha value is -3.04. The van der Waals surface area contributed by atoms with Gasteiger partial charge in [0, 0.05) is 0 Å². The molecule has 5 N–H and O–H groups in total. The number of aromatic carboxylic acids is 1. The number of nitrogens with zero attached hydrogens (tertiary/aromatic N) is 2. The molecule has 0 radical (unpaired) electrons. The molecule has 0 aliphatic carbocycles. The summed E-state index contributed by atoms with van der Waals surface area (Å²) in [4.78, 5) is 55.2. The second-order valence-electron chi connectivity index (χ2n) is 3.20. The van der Waals surface area contributed by atoms with Gasteiger partial charge in [-0.1, -0.05) is 0 Å². The summed E-state index contributed by atoms with van der Waals surface area (Å²) in [5.41, 5.74) is 1.04. The van der Waals surface area contributed by atoms with E-state index in [1.54, 1.807) is 0 Å². The summed E-state index contributed by atoms with van der Waals surface area (Å²) in [6, 6.07) is 0. The highest BCUT2D eigenvalue weighted by Gasteiger charge is 2.20. The van der Waals surface area contributed by atoms with E-state index < -0.39 is 34.5 Å². The Bertz CT molecular complexity index is 789. The van der Waals surface area contributed by atoms with Crippen LogP contribution in [0.25, 0.3) is 11.2 Å². The van der Waals surface area contributed by atoms with Crippen LogP contribution in [-0.2, 0) is 0 Å². The summed E-state index contributed by atoms with van der Waals surface area (Å²) in [6.07, 6.45) is 0. The third kappa shape index (κ3) is 1.71. The van der Waals surface area contributed by atoms with Crippen LogP contribution in [0.15, 0.2) is 9.59 Å². The van der Waals surface area contributed by atoms with E-state index in [4.69, 9.17) is 10.8 Å². The highest BCUT2D eigenvalue weighted by atomic mass is 16.4. The number of aromatic nitrogens is 4. The summed E-state index contributed by atoms with van der Waals surface area (Å²) in [6.45, 7) is 0. The molecule has 2 aromatic heterocycles. The zero-order chi connectivity index (χ0) is 13.4. The van der Waals surface area contributed by atoms with Crippen molar-refractivity contribution in [1.29, 1.82) is 0 Å². The van der Waals surface area contributed by atoms with Crippen molar-refractivity contribution in [2.24, 2.45) is 5.73 Å². The molecule has 2 aromatic rings. The van der Waals surface area contributed by atoms with Gasteiger partial charge < -0.3 is 10.8 Å². The van der Waals surface area contributed by atoms with E-state index in [2.05, 4.69) is 15.0 Å². The highest BCUT2D eigenvalue weighted by Crippen LogP contribution is 2.06. The Labute approximate surface area is 96.5 Å². The fraction of sp³-hybridized carbons (Fsp3) is 0. The molecular weight excluding hydrogens is 246 g/mol. The van der Waals surface area contributed by atoms with Crippen molar-refractivity contribution in [3.63, 3.8) is 0 Å². The van der Waals surface area contributed by atoms with Crippen LogP contribution >= 0.6 is 0 Å². The number of carbonyl (C=O) groups is 2. The lowest BCUT2D eigenvalue weighted by atomic mass is 10.3. The number of rotatable bonds is 2. The lowest BCUT2D eigenvalue weighted by molar-refractivity contribution is 0.0685. The standard InChI is InChI=1S/C8H5N5O5/c9-4(14)1-2(7(16)17)11-5-3(10-1)6(15)13-8(18)12-5/h(H2,9,14)(H,16,17)(H2,11,12,13,15,18). The van der Waals surface area contributed by atoms with E-state index in [1.807, 2.05) is 4.98 Å². The van der Waals surface area contributed by atoms with Crippen molar-refractivity contribution >= 4 is 23.0 Å². The number of carboxylic acids is 1. The molecule has 0 fully saturated rings. The van der Waals surface area contributed by atoms with Gasteiger partial charge in [-0.3, -0.25) is 19.6 Å². The van der Waals surface area contributed by atoms with Gasteiger partial charge in [-0.05, 0) is 0 Å². The molecule has 10 nitrogen and oxygen atoms in total. The molecule has 0 unspecified atom stereocenters. The van der Waals surface area contributed by atoms with Crippen molar-refractivity contribution in [2.75, 3.05) is 0 Å². The summed E-state index contributed by atoms with van der Waals surface area (Å²) in [5, 5.41) is 8.82. The molecule has 2 rings (SSSR count). The Morgan fingerprint density at radius 1 is 1.11 bits per heavy atom. The molecule has 0 atom stereocenters. The monoisotopic (exact) mass is 251 g/mol. The van der Waals surface area contributed by atoms with Crippen LogP contribution in [0.1, 0.15) is 21.0 Å². The van der Waals surface area contributed by atoms with E-state index in [9.17, 15) is 19.2 Å². The predicted molar refractivity (Wildman–Crippen MR) is 56.3 cm³/mol. The molecule has 0 saturated heterocycles. The summed E-state index contributed by atoms with van der Waals surface area (Å²) in [5.74, 6) is -2.70. The van der Waals surface area contributed by atoms with Crippen LogP contribution in [0.2, 0.25) is 0 Å². The zero-order valence-electron chi connectivity index (χ0n) is 8.55. The zero-order valence-corrected chi connectivity index (χ0v) is 8.55. The average Bonchev–Trinajstić information content (AvgIpc) is 2.26. The first-order valence-electron chi connectivity index (χ1n) is 4.47. The Morgan fingerprint density at radius 3 is 2.33 bits per heavy atom. The van der Waals surface area contributed by atoms with Crippen LogP contribution in [-0.4, -0.2) is 36.9 Å². The Kier molecular flexibility index (Phi) is 2.39. The van der Waals surface area contributed by atoms with Crippen molar-refractivity contribution in [1.82, 2.24) is 19.9 Å². The van der Waals surface area contributed by atoms with Gasteiger partial charge in [0.25, 0.3) is 11.5 Å². The van der Waals surface area contributed by atoms with Gasteiger partial charge in [0.2, 0.25) is 0 Å². The van der Waals surface area contributed by atoms with Crippen LogP contribution in [0, 0.1) is 0 Å². The lowest BCUT2D eigenvalue weighted by Gasteiger charge is -2.02. The third-order valence-electron chi connectivity index (χ3n) is 2.01. The fourth-order valence-electron chi connectivity index (χ4n) is 1.30. The highest BCUT2D eigenvalue weighted by molar-refractivity contribution is 6.02. The maximum Gasteiger partial charge on any atom is 0.357 e. The van der Waals surface area contributed by atoms with Crippen molar-refractivity contribution < 1.29 is 14.7 Å². The van der Waals surface area contributed by atoms with Gasteiger partial charge in [0.05, 0.1) is 0 Å². The molecule has 0 saturated carbocycles. The number of aromatic amines is 2. The second-order valence-corrected chi connectivity index (χ2v) is 3.20. The van der Waals surface area contributed by atoms with Gasteiger partial charge >= 0.3 is 11.7 Å². The number of carbonyl (C=O) groups excluding carboxylic acids is 1. The van der Waals surface area contributed by atoms with Gasteiger partial charge in [0.1, 0.15) is 0 Å². The molecule has 0 aromatic carbocycles. The number of hydrogen-bond donors (Lipinski definition) is 4. The number of amides is 1. The maximum absolute atomic E-state index is 11.4. The number of nitrogens with one attached hydrogen (secondary N) is 2. The van der Waals surface area contributed by atoms with Crippen LogP contribution in [0.4, 0.5) is 0 Å². The molecule has 1 amide bonds. The number of fused-ring (bicyclic) bond motifs is 1. The molecule has 18 heavy (non-hydrogen) atoms. The molecule has 0 bridgehead atoms. The van der Waals surface area contributed by atoms with Gasteiger partial charge in [-0.25, -0.2) is 19.6 Å². The Balaban J connectivity index is 2.98.